The lowest BCUT2D eigenvalue weighted by molar-refractivity contribution is 0.0620. The summed E-state index contributed by atoms with van der Waals surface area (Å²) in [6.07, 6.45) is 1.74. The number of nitrogens with zero attached hydrogens (tertiary/aromatic N) is 4. The first kappa shape index (κ1) is 21.9. The highest BCUT2D eigenvalue weighted by molar-refractivity contribution is 9.10. The molecule has 2 heterocycles. The maximum absolute atomic E-state index is 12.9. The third-order valence-corrected chi connectivity index (χ3v) is 6.21. The van der Waals surface area contributed by atoms with Gasteiger partial charge in [0.05, 0.1) is 5.02 Å². The molecule has 2 aromatic carbocycles. The molecule has 8 heteroatoms. The molecule has 0 N–H and O–H groups in total. The number of aryl methyl sites for hydroxylation is 1. The molecule has 1 saturated heterocycles. The van der Waals surface area contributed by atoms with Crippen molar-refractivity contribution in [1.82, 2.24) is 19.6 Å². The number of benzene rings is 2. The van der Waals surface area contributed by atoms with Crippen molar-refractivity contribution in [2.24, 2.45) is 0 Å². The fourth-order valence-corrected chi connectivity index (χ4v) is 4.30. The smallest absolute Gasteiger partial charge is 0.274 e. The highest BCUT2D eigenvalue weighted by atomic mass is 79.9. The SMILES string of the molecule is Cc1ccccc1CN1CCN(C(=O)c2ccn(COc3ccc(Br)cc3Cl)n2)CC1. The molecule has 3 aromatic rings. The highest BCUT2D eigenvalue weighted by Gasteiger charge is 2.24. The van der Waals surface area contributed by atoms with Gasteiger partial charge < -0.3 is 9.64 Å². The van der Waals surface area contributed by atoms with Crippen LogP contribution in [0, 0.1) is 6.92 Å². The third kappa shape index (κ3) is 5.47. The van der Waals surface area contributed by atoms with Crippen LogP contribution in [0.5, 0.6) is 5.75 Å². The van der Waals surface area contributed by atoms with Gasteiger partial charge in [-0.25, -0.2) is 4.68 Å². The van der Waals surface area contributed by atoms with E-state index in [9.17, 15) is 4.79 Å². The molecule has 1 aromatic heterocycles. The molecule has 0 saturated carbocycles. The van der Waals surface area contributed by atoms with Crippen LogP contribution in [0.1, 0.15) is 21.6 Å². The molecule has 0 aliphatic carbocycles. The number of halogens is 2. The maximum atomic E-state index is 12.9. The standard InChI is InChI=1S/C23H24BrClN4O2/c1-17-4-2-3-5-18(17)15-27-10-12-28(13-11-27)23(30)21-8-9-29(26-21)16-31-22-7-6-19(24)14-20(22)25/h2-9,14H,10-13,15-16H2,1H3. The summed E-state index contributed by atoms with van der Waals surface area (Å²) >= 11 is 9.54. The Bertz CT molecular complexity index is 1060. The van der Waals surface area contributed by atoms with E-state index in [4.69, 9.17) is 16.3 Å². The van der Waals surface area contributed by atoms with Gasteiger partial charge in [0.2, 0.25) is 0 Å². The Morgan fingerprint density at radius 2 is 1.90 bits per heavy atom. The second kappa shape index (κ2) is 9.85. The molecule has 1 fully saturated rings. The minimum absolute atomic E-state index is 0.0454. The Labute approximate surface area is 195 Å². The van der Waals surface area contributed by atoms with Crippen molar-refractivity contribution in [3.63, 3.8) is 0 Å². The van der Waals surface area contributed by atoms with Crippen LogP contribution in [0.15, 0.2) is 59.2 Å². The number of piperazine rings is 1. The molecule has 4 rings (SSSR count). The van der Waals surface area contributed by atoms with Gasteiger partial charge in [-0.05, 0) is 42.3 Å². The van der Waals surface area contributed by atoms with E-state index in [1.807, 2.05) is 11.0 Å². The predicted molar refractivity (Wildman–Crippen MR) is 124 cm³/mol. The van der Waals surface area contributed by atoms with Gasteiger partial charge in [-0.1, -0.05) is 51.8 Å². The summed E-state index contributed by atoms with van der Waals surface area (Å²) in [4.78, 5) is 17.1. The van der Waals surface area contributed by atoms with E-state index in [0.717, 1.165) is 24.1 Å². The topological polar surface area (TPSA) is 50.6 Å². The molecule has 0 bridgehead atoms. The summed E-state index contributed by atoms with van der Waals surface area (Å²) in [6, 6.07) is 15.6. The number of aromatic nitrogens is 2. The number of hydrogen-bond acceptors (Lipinski definition) is 4. The number of amides is 1. The highest BCUT2D eigenvalue weighted by Crippen LogP contribution is 2.27. The van der Waals surface area contributed by atoms with Crippen molar-refractivity contribution in [2.75, 3.05) is 26.2 Å². The van der Waals surface area contributed by atoms with Gasteiger partial charge in [-0.2, -0.15) is 5.10 Å². The van der Waals surface area contributed by atoms with Gasteiger partial charge in [-0.15, -0.1) is 0 Å². The van der Waals surface area contributed by atoms with Crippen LogP contribution >= 0.6 is 27.5 Å². The van der Waals surface area contributed by atoms with Crippen LogP contribution in [0.2, 0.25) is 5.02 Å². The summed E-state index contributed by atoms with van der Waals surface area (Å²) in [5.74, 6) is 0.522. The Morgan fingerprint density at radius 3 is 2.65 bits per heavy atom. The summed E-state index contributed by atoms with van der Waals surface area (Å²) in [7, 11) is 0. The monoisotopic (exact) mass is 502 g/mol. The van der Waals surface area contributed by atoms with E-state index in [1.54, 1.807) is 29.1 Å². The second-order valence-electron chi connectivity index (χ2n) is 7.58. The van der Waals surface area contributed by atoms with Gasteiger partial charge in [0.25, 0.3) is 5.91 Å². The van der Waals surface area contributed by atoms with Crippen molar-refractivity contribution >= 4 is 33.4 Å². The van der Waals surface area contributed by atoms with E-state index < -0.39 is 0 Å². The van der Waals surface area contributed by atoms with Crippen LogP contribution in [0.25, 0.3) is 0 Å². The third-order valence-electron chi connectivity index (χ3n) is 5.42. The fourth-order valence-electron chi connectivity index (χ4n) is 3.58. The quantitative estimate of drug-likeness (QED) is 0.493. The van der Waals surface area contributed by atoms with Gasteiger partial charge >= 0.3 is 0 Å². The Kier molecular flexibility index (Phi) is 6.95. The summed E-state index contributed by atoms with van der Waals surface area (Å²) in [5, 5.41) is 4.90. The molecule has 6 nitrogen and oxygen atoms in total. The van der Waals surface area contributed by atoms with Gasteiger partial charge in [0.1, 0.15) is 5.75 Å². The van der Waals surface area contributed by atoms with Crippen molar-refractivity contribution in [2.45, 2.75) is 20.2 Å². The zero-order chi connectivity index (χ0) is 21.8. The summed E-state index contributed by atoms with van der Waals surface area (Å²) < 4.78 is 8.20. The number of rotatable bonds is 6. The van der Waals surface area contributed by atoms with E-state index >= 15 is 0 Å². The van der Waals surface area contributed by atoms with E-state index in [-0.39, 0.29) is 12.6 Å². The maximum Gasteiger partial charge on any atom is 0.274 e. The minimum atomic E-state index is -0.0454. The number of carbonyl (C=O) groups is 1. The minimum Gasteiger partial charge on any atom is -0.470 e. The lowest BCUT2D eigenvalue weighted by Crippen LogP contribution is -2.48. The molecule has 1 amide bonds. The zero-order valence-electron chi connectivity index (χ0n) is 17.3. The largest absolute Gasteiger partial charge is 0.470 e. The first-order chi connectivity index (χ1) is 15.0. The van der Waals surface area contributed by atoms with Crippen LogP contribution in [-0.4, -0.2) is 51.7 Å². The molecule has 31 heavy (non-hydrogen) atoms. The first-order valence-electron chi connectivity index (χ1n) is 10.2. The summed E-state index contributed by atoms with van der Waals surface area (Å²) in [6.45, 7) is 6.33. The molecule has 0 unspecified atom stereocenters. The lowest BCUT2D eigenvalue weighted by atomic mass is 10.1. The molecular formula is C23H24BrClN4O2. The van der Waals surface area contributed by atoms with Crippen molar-refractivity contribution < 1.29 is 9.53 Å². The normalized spacial score (nSPS) is 14.6. The van der Waals surface area contributed by atoms with Gasteiger partial charge in [0, 0.05) is 43.4 Å². The van der Waals surface area contributed by atoms with E-state index in [1.165, 1.54) is 11.1 Å². The molecule has 0 radical (unpaired) electrons. The lowest BCUT2D eigenvalue weighted by Gasteiger charge is -2.34. The van der Waals surface area contributed by atoms with Crippen molar-refractivity contribution in [3.05, 3.63) is 81.0 Å². The zero-order valence-corrected chi connectivity index (χ0v) is 19.6. The summed E-state index contributed by atoms with van der Waals surface area (Å²) in [5.41, 5.74) is 3.07. The Hall–Kier alpha value is -2.35. The molecule has 0 atom stereocenters. The average molecular weight is 504 g/mol. The molecule has 0 spiro atoms. The van der Waals surface area contributed by atoms with Gasteiger partial charge in [0.15, 0.2) is 12.4 Å². The number of carbonyl (C=O) groups excluding carboxylic acids is 1. The Balaban J connectivity index is 1.29. The molecule has 162 valence electrons. The van der Waals surface area contributed by atoms with Crippen LogP contribution in [0.4, 0.5) is 0 Å². The average Bonchev–Trinajstić information content (AvgIpc) is 3.24. The van der Waals surface area contributed by atoms with Crippen LogP contribution < -0.4 is 4.74 Å². The van der Waals surface area contributed by atoms with E-state index in [2.05, 4.69) is 57.1 Å². The fraction of sp³-hybridized carbons (Fsp3) is 0.304. The Morgan fingerprint density at radius 1 is 1.13 bits per heavy atom. The molecule has 1 aliphatic heterocycles. The van der Waals surface area contributed by atoms with Crippen molar-refractivity contribution in [3.8, 4) is 5.75 Å². The molecule has 1 aliphatic rings. The van der Waals surface area contributed by atoms with Crippen LogP contribution in [0.3, 0.4) is 0 Å². The van der Waals surface area contributed by atoms with E-state index in [0.29, 0.717) is 29.6 Å². The molecular weight excluding hydrogens is 480 g/mol. The second-order valence-corrected chi connectivity index (χ2v) is 8.91. The number of hydrogen-bond donors (Lipinski definition) is 0. The first-order valence-corrected chi connectivity index (χ1v) is 11.3. The number of ether oxygens (including phenoxy) is 1. The van der Waals surface area contributed by atoms with Crippen LogP contribution in [-0.2, 0) is 13.3 Å². The van der Waals surface area contributed by atoms with Gasteiger partial charge in [-0.3, -0.25) is 9.69 Å². The predicted octanol–water partition coefficient (Wildman–Crippen LogP) is 4.60. The van der Waals surface area contributed by atoms with Crippen molar-refractivity contribution in [1.29, 1.82) is 0 Å².